The molecule has 3 heterocycles. The number of rotatable bonds is 6. The maximum Gasteiger partial charge on any atom is 0.283 e. The van der Waals surface area contributed by atoms with Crippen molar-refractivity contribution in [3.8, 4) is 0 Å². The third-order valence-electron chi connectivity index (χ3n) is 6.22. The van der Waals surface area contributed by atoms with Crippen molar-refractivity contribution in [3.05, 3.63) is 76.5 Å². The zero-order chi connectivity index (χ0) is 23.8. The minimum atomic E-state index is -0.410. The van der Waals surface area contributed by atoms with Gasteiger partial charge in [-0.25, -0.2) is 0 Å². The number of para-hydroxylation sites is 1. The highest BCUT2D eigenvalue weighted by molar-refractivity contribution is 8.27. The Morgan fingerprint density at radius 3 is 2.62 bits per heavy atom. The summed E-state index contributed by atoms with van der Waals surface area (Å²) < 4.78 is 2.11. The highest BCUT2D eigenvalue weighted by Gasteiger charge is 2.37. The van der Waals surface area contributed by atoms with Crippen LogP contribution in [0.25, 0.3) is 17.0 Å². The molecule has 6 nitrogen and oxygen atoms in total. The first kappa shape index (κ1) is 22.6. The van der Waals surface area contributed by atoms with Crippen molar-refractivity contribution in [2.45, 2.75) is 33.2 Å². The van der Waals surface area contributed by atoms with Gasteiger partial charge in [0.15, 0.2) is 5.84 Å². The summed E-state index contributed by atoms with van der Waals surface area (Å²) >= 11 is 7.80. The normalized spacial score (nSPS) is 17.1. The molecule has 1 N–H and O–H groups in total. The summed E-state index contributed by atoms with van der Waals surface area (Å²) in [4.78, 5) is 17.2. The molecule has 0 radical (unpaired) electrons. The van der Waals surface area contributed by atoms with Crippen molar-refractivity contribution in [1.29, 1.82) is 5.41 Å². The minimum Gasteiger partial charge on any atom is -0.342 e. The van der Waals surface area contributed by atoms with Crippen LogP contribution in [0.15, 0.2) is 70.4 Å². The van der Waals surface area contributed by atoms with E-state index in [1.807, 2.05) is 54.7 Å². The van der Waals surface area contributed by atoms with E-state index in [0.29, 0.717) is 22.7 Å². The van der Waals surface area contributed by atoms with Crippen LogP contribution in [0.5, 0.6) is 0 Å². The zero-order valence-corrected chi connectivity index (χ0v) is 20.5. The number of nitrogens with one attached hydrogen (secondary N) is 1. The van der Waals surface area contributed by atoms with E-state index in [4.69, 9.17) is 17.0 Å². The number of aromatic nitrogens is 1. The van der Waals surface area contributed by atoms with Gasteiger partial charge in [0.25, 0.3) is 5.91 Å². The number of hydrogen-bond acceptors (Lipinski definition) is 4. The number of thioether (sulfide) groups is 1. The Morgan fingerprint density at radius 1 is 1.12 bits per heavy atom. The van der Waals surface area contributed by atoms with Crippen LogP contribution in [0.2, 0.25) is 5.02 Å². The summed E-state index contributed by atoms with van der Waals surface area (Å²) in [6.07, 6.45) is 5.67. The second kappa shape index (κ2) is 9.24. The van der Waals surface area contributed by atoms with E-state index < -0.39 is 5.91 Å². The Morgan fingerprint density at radius 2 is 1.85 bits per heavy atom. The van der Waals surface area contributed by atoms with E-state index in [9.17, 15) is 4.79 Å². The molecule has 5 rings (SSSR count). The van der Waals surface area contributed by atoms with Crippen molar-refractivity contribution in [1.82, 2.24) is 9.58 Å². The van der Waals surface area contributed by atoms with Gasteiger partial charge in [0, 0.05) is 40.1 Å². The predicted octanol–water partition coefficient (Wildman–Crippen LogP) is 6.40. The minimum absolute atomic E-state index is 0.0615. The van der Waals surface area contributed by atoms with Gasteiger partial charge in [0.1, 0.15) is 5.04 Å². The van der Waals surface area contributed by atoms with Gasteiger partial charge in [0.05, 0.1) is 5.57 Å². The fraction of sp³-hybridized carbons (Fsp3) is 0.231. The molecule has 0 bridgehead atoms. The Bertz CT molecular complexity index is 1400. The topological polar surface area (TPSA) is 73.8 Å². The molecule has 2 aliphatic heterocycles. The molecule has 0 fully saturated rings. The second-order valence-corrected chi connectivity index (χ2v) is 9.69. The van der Waals surface area contributed by atoms with Gasteiger partial charge >= 0.3 is 0 Å². The number of hydrazone groups is 1. The number of amidine groups is 2. The summed E-state index contributed by atoms with van der Waals surface area (Å²) in [7, 11) is 0. The fourth-order valence-corrected chi connectivity index (χ4v) is 5.65. The van der Waals surface area contributed by atoms with Gasteiger partial charge in [-0.05, 0) is 48.4 Å². The summed E-state index contributed by atoms with van der Waals surface area (Å²) in [5, 5.41) is 18.0. The first-order valence-corrected chi connectivity index (χ1v) is 12.5. The summed E-state index contributed by atoms with van der Waals surface area (Å²) in [6.45, 7) is 4.84. The van der Waals surface area contributed by atoms with Gasteiger partial charge in [-0.3, -0.25) is 10.2 Å². The molecule has 0 unspecified atom stereocenters. The predicted molar refractivity (Wildman–Crippen MR) is 142 cm³/mol. The first-order chi connectivity index (χ1) is 16.5. The lowest BCUT2D eigenvalue weighted by molar-refractivity contribution is -0.114. The molecule has 0 spiro atoms. The van der Waals surface area contributed by atoms with Gasteiger partial charge < -0.3 is 4.57 Å². The van der Waals surface area contributed by atoms with Crippen LogP contribution < -0.4 is 0 Å². The second-order valence-electron chi connectivity index (χ2n) is 8.29. The number of benzene rings is 2. The van der Waals surface area contributed by atoms with E-state index in [1.54, 1.807) is 6.08 Å². The molecule has 1 aromatic heterocycles. The molecule has 0 aliphatic carbocycles. The zero-order valence-electron chi connectivity index (χ0n) is 19.0. The fourth-order valence-electron chi connectivity index (χ4n) is 4.30. The van der Waals surface area contributed by atoms with Crippen LogP contribution in [0.1, 0.15) is 37.8 Å². The number of amides is 1. The number of nitrogens with zero attached hydrogens (tertiary/aromatic N) is 4. The maximum absolute atomic E-state index is 12.9. The Labute approximate surface area is 207 Å². The molecular weight excluding hydrogens is 466 g/mol. The van der Waals surface area contributed by atoms with Gasteiger partial charge in [-0.2, -0.15) is 15.1 Å². The Hall–Kier alpha value is -3.16. The van der Waals surface area contributed by atoms with E-state index in [1.165, 1.54) is 16.8 Å². The van der Waals surface area contributed by atoms with Crippen molar-refractivity contribution < 1.29 is 4.79 Å². The van der Waals surface area contributed by atoms with E-state index in [0.717, 1.165) is 39.9 Å². The third kappa shape index (κ3) is 3.99. The van der Waals surface area contributed by atoms with Crippen LogP contribution >= 0.6 is 23.4 Å². The number of carbonyl (C=O) groups excluding carboxylic acids is 1. The monoisotopic (exact) mass is 489 g/mol. The van der Waals surface area contributed by atoms with Crippen molar-refractivity contribution >= 4 is 62.3 Å². The molecule has 34 heavy (non-hydrogen) atoms. The van der Waals surface area contributed by atoms with Crippen molar-refractivity contribution in [2.24, 2.45) is 16.0 Å². The highest BCUT2D eigenvalue weighted by atomic mass is 35.5. The van der Waals surface area contributed by atoms with Crippen molar-refractivity contribution in [2.75, 3.05) is 0 Å². The van der Waals surface area contributed by atoms with Crippen LogP contribution in [0.3, 0.4) is 0 Å². The molecule has 2 aliphatic rings. The van der Waals surface area contributed by atoms with Crippen LogP contribution in [-0.4, -0.2) is 31.5 Å². The molecule has 172 valence electrons. The standard InChI is InChI=1S/C26H24ClN5OS/c1-3-16(4-2)25-30-32-23(28)20(24(33)29-26(32)34-25)13-18-15-31(22-12-8-6-10-19(18)22)14-17-9-5-7-11-21(17)27/h5-13,15-16,28H,3-4,14H2,1-2H3/b20-13+,28-23?. The SMILES string of the molecule is CCC(CC)C1=NN2C(=N)/C(=C\c3cn(Cc4ccccc4Cl)c4ccccc34)C(=O)N=C2S1. The summed E-state index contributed by atoms with van der Waals surface area (Å²) in [5.74, 6) is -0.0458. The largest absolute Gasteiger partial charge is 0.342 e. The Balaban J connectivity index is 1.53. The molecule has 1 amide bonds. The lowest BCUT2D eigenvalue weighted by Gasteiger charge is -2.20. The average molecular weight is 490 g/mol. The third-order valence-corrected chi connectivity index (χ3v) is 7.66. The van der Waals surface area contributed by atoms with Crippen LogP contribution in [-0.2, 0) is 11.3 Å². The molecule has 2 aromatic carbocycles. The lowest BCUT2D eigenvalue weighted by atomic mass is 10.1. The molecular formula is C26H24ClN5OS. The van der Waals surface area contributed by atoms with E-state index in [2.05, 4.69) is 28.5 Å². The first-order valence-electron chi connectivity index (χ1n) is 11.3. The highest BCUT2D eigenvalue weighted by Crippen LogP contribution is 2.34. The molecule has 0 saturated heterocycles. The lowest BCUT2D eigenvalue weighted by Crippen LogP contribution is -2.35. The Kier molecular flexibility index (Phi) is 6.15. The van der Waals surface area contributed by atoms with Crippen LogP contribution in [0.4, 0.5) is 0 Å². The molecule has 0 saturated carbocycles. The molecule has 3 aromatic rings. The molecule has 0 atom stereocenters. The van der Waals surface area contributed by atoms with Crippen molar-refractivity contribution in [3.63, 3.8) is 0 Å². The average Bonchev–Trinajstić information content (AvgIpc) is 3.41. The van der Waals surface area contributed by atoms with Gasteiger partial charge in [-0.15, -0.1) is 0 Å². The summed E-state index contributed by atoms with van der Waals surface area (Å²) in [5.41, 5.74) is 3.13. The number of fused-ring (bicyclic) bond motifs is 2. The van der Waals surface area contributed by atoms with E-state index >= 15 is 0 Å². The van der Waals surface area contributed by atoms with Gasteiger partial charge in [0.2, 0.25) is 5.17 Å². The smallest absolute Gasteiger partial charge is 0.283 e. The number of halogens is 1. The number of carbonyl (C=O) groups is 1. The maximum atomic E-state index is 12.9. The number of aliphatic imine (C=N–C) groups is 1. The molecule has 8 heteroatoms. The van der Waals surface area contributed by atoms with Crippen LogP contribution in [0, 0.1) is 11.3 Å². The number of hydrogen-bond donors (Lipinski definition) is 1. The van der Waals surface area contributed by atoms with E-state index in [-0.39, 0.29) is 11.4 Å². The van der Waals surface area contributed by atoms with Gasteiger partial charge in [-0.1, -0.05) is 61.8 Å². The summed E-state index contributed by atoms with van der Waals surface area (Å²) in [6, 6.07) is 15.8. The quantitative estimate of drug-likeness (QED) is 0.407.